The molecule has 4 rings (SSSR count). The summed E-state index contributed by atoms with van der Waals surface area (Å²) in [6, 6.07) is 34.7. The predicted octanol–water partition coefficient (Wildman–Crippen LogP) is 7.98. The highest BCUT2D eigenvalue weighted by atomic mass is 32.5. The van der Waals surface area contributed by atoms with E-state index in [0.29, 0.717) is 0 Å². The maximum Gasteiger partial charge on any atom is -0.0148 e. The van der Waals surface area contributed by atoms with Crippen LogP contribution in [0.15, 0.2) is 91.0 Å². The van der Waals surface area contributed by atoms with E-state index in [-0.39, 0.29) is 22.5 Å². The Morgan fingerprint density at radius 3 is 1.10 bits per heavy atom. The topological polar surface area (TPSA) is 0 Å². The van der Waals surface area contributed by atoms with E-state index >= 15 is 0 Å². The highest BCUT2D eigenvalue weighted by Gasteiger charge is 2.32. The van der Waals surface area contributed by atoms with Crippen molar-refractivity contribution in [1.29, 1.82) is 0 Å². The van der Waals surface area contributed by atoms with Crippen LogP contribution >= 0.6 is 22.5 Å². The summed E-state index contributed by atoms with van der Waals surface area (Å²) in [6.07, 6.45) is 12.7. The van der Waals surface area contributed by atoms with E-state index in [0.717, 1.165) is 0 Å². The summed E-state index contributed by atoms with van der Waals surface area (Å²) in [6.45, 7) is 0. The summed E-state index contributed by atoms with van der Waals surface area (Å²) >= 11 is 0. The molecule has 3 aromatic rings. The molecule has 0 N–H and O–H groups in total. The fraction of sp³-hybridized carbons (Fsp3) is 0.333. The van der Waals surface area contributed by atoms with Crippen LogP contribution in [0.5, 0.6) is 0 Å². The first-order valence-corrected chi connectivity index (χ1v) is 17.2. The second kappa shape index (κ2) is 12.1. The molecule has 0 bridgehead atoms. The van der Waals surface area contributed by atoms with Gasteiger partial charge in [0.1, 0.15) is 0 Å². The van der Waals surface area contributed by atoms with Crippen LogP contribution in [0.1, 0.15) is 44.9 Å². The van der Waals surface area contributed by atoms with Crippen LogP contribution in [0, 0.1) is 0 Å². The molecule has 0 nitrogen and oxygen atoms in total. The Kier molecular flexibility index (Phi) is 8.94. The Morgan fingerprint density at radius 1 is 0.367 bits per heavy atom. The van der Waals surface area contributed by atoms with Gasteiger partial charge in [0.05, 0.1) is 0 Å². The number of rotatable bonds is 3. The highest BCUT2D eigenvalue weighted by molar-refractivity contribution is 8.66. The summed E-state index contributed by atoms with van der Waals surface area (Å²) in [7, 11) is -0.548. The van der Waals surface area contributed by atoms with Crippen molar-refractivity contribution in [2.75, 3.05) is 12.3 Å². The molecular formula is C27H33P3. The average Bonchev–Trinajstić information content (AvgIpc) is 2.81. The Hall–Kier alpha value is -1.05. The summed E-state index contributed by atoms with van der Waals surface area (Å²) in [5, 5.41) is 4.89. The number of hydrogen-bond donors (Lipinski definition) is 0. The molecule has 30 heavy (non-hydrogen) atoms. The molecule has 2 unspecified atom stereocenters. The van der Waals surface area contributed by atoms with E-state index in [1.807, 2.05) is 0 Å². The Morgan fingerprint density at radius 2 is 0.700 bits per heavy atom. The Bertz CT molecular complexity index is 798. The van der Waals surface area contributed by atoms with Crippen molar-refractivity contribution >= 4 is 38.4 Å². The molecule has 1 aliphatic heterocycles. The lowest BCUT2D eigenvalue weighted by atomic mass is 10.1. The molecule has 3 heteroatoms. The van der Waals surface area contributed by atoms with Crippen LogP contribution in [-0.4, -0.2) is 12.3 Å². The Balaban J connectivity index is 1.79. The first-order chi connectivity index (χ1) is 14.9. The van der Waals surface area contributed by atoms with Gasteiger partial charge in [0, 0.05) is 0 Å². The fourth-order valence-corrected chi connectivity index (χ4v) is 22.1. The van der Waals surface area contributed by atoms with Crippen molar-refractivity contribution in [1.82, 2.24) is 0 Å². The standard InChI is InChI=1S/C27H33P3/c1-2-4-15-23-28(25-17-9-6-10-18-25)30(27-21-13-8-14-22-27)29(24-16-5-3-1)26-19-11-7-12-20-26/h6-14,17-22H,1-5,15-16,23-24H2. The SMILES string of the molecule is c1ccc(P2CCCCCCCCCP(c3ccccc3)P2c2ccccc2)cc1. The second-order valence-corrected chi connectivity index (χ2v) is 18.9. The average molecular weight is 450 g/mol. The van der Waals surface area contributed by atoms with Crippen LogP contribution < -0.4 is 15.9 Å². The van der Waals surface area contributed by atoms with Gasteiger partial charge < -0.3 is 0 Å². The third-order valence-corrected chi connectivity index (χ3v) is 21.3. The maximum atomic E-state index is 2.44. The Labute approximate surface area is 186 Å². The van der Waals surface area contributed by atoms with Gasteiger partial charge in [0.15, 0.2) is 0 Å². The van der Waals surface area contributed by atoms with Crippen molar-refractivity contribution in [3.63, 3.8) is 0 Å². The molecule has 1 heterocycles. The van der Waals surface area contributed by atoms with Gasteiger partial charge in [-0.3, -0.25) is 0 Å². The third kappa shape index (κ3) is 6.01. The molecule has 0 aliphatic carbocycles. The zero-order chi connectivity index (χ0) is 20.4. The molecule has 0 spiro atoms. The molecule has 3 aromatic carbocycles. The van der Waals surface area contributed by atoms with Crippen LogP contribution in [0.2, 0.25) is 0 Å². The lowest BCUT2D eigenvalue weighted by molar-refractivity contribution is 0.604. The summed E-state index contributed by atoms with van der Waals surface area (Å²) in [4.78, 5) is 0. The molecular weight excluding hydrogens is 417 g/mol. The maximum absolute atomic E-state index is 2.44. The summed E-state index contributed by atoms with van der Waals surface area (Å²) in [5.41, 5.74) is 0. The van der Waals surface area contributed by atoms with Gasteiger partial charge in [0.2, 0.25) is 0 Å². The van der Waals surface area contributed by atoms with Crippen molar-refractivity contribution < 1.29 is 0 Å². The smallest absolute Gasteiger partial charge is 0.0148 e. The van der Waals surface area contributed by atoms with Gasteiger partial charge in [-0.25, -0.2) is 0 Å². The quantitative estimate of drug-likeness (QED) is 0.355. The van der Waals surface area contributed by atoms with E-state index in [4.69, 9.17) is 0 Å². The zero-order valence-electron chi connectivity index (χ0n) is 17.9. The van der Waals surface area contributed by atoms with Gasteiger partial charge in [-0.2, -0.15) is 0 Å². The van der Waals surface area contributed by atoms with E-state index in [9.17, 15) is 0 Å². The zero-order valence-corrected chi connectivity index (χ0v) is 20.5. The second-order valence-electron chi connectivity index (χ2n) is 8.02. The third-order valence-electron chi connectivity index (χ3n) is 5.79. The van der Waals surface area contributed by atoms with Crippen LogP contribution in [0.25, 0.3) is 0 Å². The molecule has 1 saturated heterocycles. The summed E-state index contributed by atoms with van der Waals surface area (Å²) in [5.74, 6) is 0. The minimum atomic E-state index is -0.210. The molecule has 0 amide bonds. The predicted molar refractivity (Wildman–Crippen MR) is 141 cm³/mol. The molecule has 0 radical (unpaired) electrons. The molecule has 0 aromatic heterocycles. The molecule has 0 saturated carbocycles. The van der Waals surface area contributed by atoms with Crippen molar-refractivity contribution in [3.8, 4) is 0 Å². The first-order valence-electron chi connectivity index (χ1n) is 11.4. The fourth-order valence-electron chi connectivity index (χ4n) is 4.24. The van der Waals surface area contributed by atoms with Crippen LogP contribution in [-0.2, 0) is 0 Å². The van der Waals surface area contributed by atoms with Gasteiger partial charge in [-0.15, -0.1) is 0 Å². The monoisotopic (exact) mass is 450 g/mol. The number of benzene rings is 3. The van der Waals surface area contributed by atoms with Crippen LogP contribution in [0.4, 0.5) is 0 Å². The molecule has 2 atom stereocenters. The highest BCUT2D eigenvalue weighted by Crippen LogP contribution is 2.84. The molecule has 156 valence electrons. The molecule has 1 fully saturated rings. The van der Waals surface area contributed by atoms with Gasteiger partial charge in [0.25, 0.3) is 0 Å². The van der Waals surface area contributed by atoms with Crippen molar-refractivity contribution in [2.45, 2.75) is 44.9 Å². The van der Waals surface area contributed by atoms with Gasteiger partial charge in [-0.05, 0) is 63.6 Å². The minimum Gasteiger partial charge on any atom is -0.0622 e. The van der Waals surface area contributed by atoms with E-state index in [1.165, 1.54) is 57.3 Å². The van der Waals surface area contributed by atoms with Crippen molar-refractivity contribution in [2.24, 2.45) is 0 Å². The van der Waals surface area contributed by atoms with Gasteiger partial charge >= 0.3 is 0 Å². The largest absolute Gasteiger partial charge is 0.0622 e. The van der Waals surface area contributed by atoms with Gasteiger partial charge in [-0.1, -0.05) is 123 Å². The van der Waals surface area contributed by atoms with Crippen molar-refractivity contribution in [3.05, 3.63) is 91.0 Å². The lowest BCUT2D eigenvalue weighted by Crippen LogP contribution is -2.12. The minimum absolute atomic E-state index is 0.169. The van der Waals surface area contributed by atoms with Crippen LogP contribution in [0.3, 0.4) is 0 Å². The lowest BCUT2D eigenvalue weighted by Gasteiger charge is -2.36. The normalized spacial score (nSPS) is 23.8. The first kappa shape index (κ1) is 22.2. The number of hydrogen-bond acceptors (Lipinski definition) is 0. The van der Waals surface area contributed by atoms with E-state index in [1.54, 1.807) is 15.9 Å². The molecule has 1 aliphatic rings. The van der Waals surface area contributed by atoms with E-state index < -0.39 is 0 Å². The summed E-state index contributed by atoms with van der Waals surface area (Å²) < 4.78 is 0. The van der Waals surface area contributed by atoms with E-state index in [2.05, 4.69) is 91.0 Å².